The minimum absolute atomic E-state index is 0.369. The van der Waals surface area contributed by atoms with Crippen LogP contribution in [-0.2, 0) is 6.54 Å². The van der Waals surface area contributed by atoms with E-state index in [2.05, 4.69) is 33.0 Å². The zero-order chi connectivity index (χ0) is 12.3. The average molecular weight is 319 g/mol. The lowest BCUT2D eigenvalue weighted by atomic mass is 10.1. The van der Waals surface area contributed by atoms with E-state index in [0.717, 1.165) is 42.7 Å². The third-order valence-electron chi connectivity index (χ3n) is 3.14. The molecule has 0 radical (unpaired) electrons. The molecule has 1 aromatic rings. The molecule has 0 amide bonds. The Kier molecular flexibility index (Phi) is 4.71. The van der Waals surface area contributed by atoms with E-state index < -0.39 is 0 Å². The third kappa shape index (κ3) is 3.60. The highest BCUT2D eigenvalue weighted by atomic mass is 79.9. The zero-order valence-electron chi connectivity index (χ0n) is 9.96. The van der Waals surface area contributed by atoms with Crippen LogP contribution in [0.25, 0.3) is 0 Å². The van der Waals surface area contributed by atoms with Crippen LogP contribution < -0.4 is 4.74 Å². The maximum absolute atomic E-state index is 6.10. The van der Waals surface area contributed by atoms with Gasteiger partial charge in [0, 0.05) is 11.9 Å². The van der Waals surface area contributed by atoms with Gasteiger partial charge in [-0.05, 0) is 59.6 Å². The molecule has 0 atom stereocenters. The Morgan fingerprint density at radius 3 is 2.71 bits per heavy atom. The number of benzene rings is 1. The first kappa shape index (κ1) is 13.2. The number of methoxy groups -OCH3 is 1. The topological polar surface area (TPSA) is 12.5 Å². The van der Waals surface area contributed by atoms with Gasteiger partial charge in [-0.15, -0.1) is 11.6 Å². The summed E-state index contributed by atoms with van der Waals surface area (Å²) >= 11 is 9.62. The highest BCUT2D eigenvalue weighted by Gasteiger charge is 2.17. The number of piperidine rings is 1. The largest absolute Gasteiger partial charge is 0.496 e. The SMILES string of the molecule is COc1ccc(CN2CCC(Cl)CC2)cc1Br. The summed E-state index contributed by atoms with van der Waals surface area (Å²) in [7, 11) is 1.69. The molecule has 2 nitrogen and oxygen atoms in total. The summed E-state index contributed by atoms with van der Waals surface area (Å²) in [5.74, 6) is 0.883. The molecule has 1 heterocycles. The molecule has 1 fully saturated rings. The molecule has 0 unspecified atom stereocenters. The van der Waals surface area contributed by atoms with Crippen molar-refractivity contribution < 1.29 is 4.74 Å². The van der Waals surface area contributed by atoms with Crippen molar-refractivity contribution in [2.45, 2.75) is 24.8 Å². The van der Waals surface area contributed by atoms with Crippen LogP contribution in [0.15, 0.2) is 22.7 Å². The lowest BCUT2D eigenvalue weighted by Crippen LogP contribution is -2.33. The first-order valence-electron chi connectivity index (χ1n) is 5.88. The summed E-state index contributed by atoms with van der Waals surface area (Å²) in [6.07, 6.45) is 2.19. The second-order valence-electron chi connectivity index (χ2n) is 4.42. The number of likely N-dealkylation sites (tertiary alicyclic amines) is 1. The lowest BCUT2D eigenvalue weighted by molar-refractivity contribution is 0.223. The van der Waals surface area contributed by atoms with Gasteiger partial charge in [0.2, 0.25) is 0 Å². The number of hydrogen-bond donors (Lipinski definition) is 0. The number of rotatable bonds is 3. The number of halogens is 2. The molecule has 17 heavy (non-hydrogen) atoms. The van der Waals surface area contributed by atoms with Crippen molar-refractivity contribution in [2.24, 2.45) is 0 Å². The van der Waals surface area contributed by atoms with Crippen molar-refractivity contribution in [1.29, 1.82) is 0 Å². The van der Waals surface area contributed by atoms with Gasteiger partial charge in [0.05, 0.1) is 11.6 Å². The van der Waals surface area contributed by atoms with Gasteiger partial charge < -0.3 is 4.74 Å². The normalized spacial score (nSPS) is 18.3. The maximum atomic E-state index is 6.10. The van der Waals surface area contributed by atoms with E-state index in [0.29, 0.717) is 5.38 Å². The fraction of sp³-hybridized carbons (Fsp3) is 0.538. The Labute approximate surface area is 116 Å². The Morgan fingerprint density at radius 1 is 1.41 bits per heavy atom. The Morgan fingerprint density at radius 2 is 2.12 bits per heavy atom. The molecule has 4 heteroatoms. The molecule has 94 valence electrons. The Balaban J connectivity index is 1.97. The van der Waals surface area contributed by atoms with Crippen LogP contribution in [0.3, 0.4) is 0 Å². The van der Waals surface area contributed by atoms with Gasteiger partial charge in [-0.3, -0.25) is 4.90 Å². The number of hydrogen-bond acceptors (Lipinski definition) is 2. The fourth-order valence-corrected chi connectivity index (χ4v) is 2.91. The first-order valence-corrected chi connectivity index (χ1v) is 7.11. The summed E-state index contributed by atoms with van der Waals surface area (Å²) in [5.41, 5.74) is 1.31. The monoisotopic (exact) mass is 317 g/mol. The molecular formula is C13H17BrClNO. The van der Waals surface area contributed by atoms with Crippen molar-refractivity contribution in [3.8, 4) is 5.75 Å². The summed E-state index contributed by atoms with van der Waals surface area (Å²) in [6.45, 7) is 3.18. The van der Waals surface area contributed by atoms with Crippen LogP contribution in [0, 0.1) is 0 Å². The van der Waals surface area contributed by atoms with E-state index in [1.54, 1.807) is 7.11 Å². The van der Waals surface area contributed by atoms with Gasteiger partial charge >= 0.3 is 0 Å². The number of nitrogens with zero attached hydrogens (tertiary/aromatic N) is 1. The Hall–Kier alpha value is -0.250. The van der Waals surface area contributed by atoms with E-state index in [4.69, 9.17) is 16.3 Å². The third-order valence-corrected chi connectivity index (χ3v) is 4.20. The van der Waals surface area contributed by atoms with E-state index in [9.17, 15) is 0 Å². The molecule has 1 aliphatic heterocycles. The summed E-state index contributed by atoms with van der Waals surface area (Å²) in [6, 6.07) is 6.26. The summed E-state index contributed by atoms with van der Waals surface area (Å²) < 4.78 is 6.24. The molecule has 0 bridgehead atoms. The van der Waals surface area contributed by atoms with Gasteiger partial charge in [0.1, 0.15) is 5.75 Å². The van der Waals surface area contributed by atoms with Gasteiger partial charge in [0.25, 0.3) is 0 Å². The molecule has 0 aromatic heterocycles. The molecule has 2 rings (SSSR count). The highest BCUT2D eigenvalue weighted by Crippen LogP contribution is 2.26. The van der Waals surface area contributed by atoms with E-state index in [1.165, 1.54) is 5.56 Å². The average Bonchev–Trinajstić information content (AvgIpc) is 2.32. The Bertz CT molecular complexity index is 378. The molecular weight excluding hydrogens is 302 g/mol. The molecule has 0 spiro atoms. The predicted molar refractivity (Wildman–Crippen MR) is 74.8 cm³/mol. The molecule has 0 aliphatic carbocycles. The van der Waals surface area contributed by atoms with Gasteiger partial charge in [-0.1, -0.05) is 6.07 Å². The maximum Gasteiger partial charge on any atom is 0.133 e. The number of alkyl halides is 1. The van der Waals surface area contributed by atoms with Crippen LogP contribution in [-0.4, -0.2) is 30.5 Å². The fourth-order valence-electron chi connectivity index (χ4n) is 2.13. The predicted octanol–water partition coefficient (Wildman–Crippen LogP) is 3.66. The first-order chi connectivity index (χ1) is 8.19. The summed E-state index contributed by atoms with van der Waals surface area (Å²) in [4.78, 5) is 2.45. The number of ether oxygens (including phenoxy) is 1. The molecule has 0 N–H and O–H groups in total. The van der Waals surface area contributed by atoms with Gasteiger partial charge in [-0.2, -0.15) is 0 Å². The standard InChI is InChI=1S/C13H17BrClNO/c1-17-13-3-2-10(8-12(13)14)9-16-6-4-11(15)5-7-16/h2-3,8,11H,4-7,9H2,1H3. The van der Waals surface area contributed by atoms with Crippen molar-refractivity contribution in [1.82, 2.24) is 4.90 Å². The second-order valence-corrected chi connectivity index (χ2v) is 5.89. The van der Waals surface area contributed by atoms with Gasteiger partial charge in [0.15, 0.2) is 0 Å². The molecule has 1 aliphatic rings. The highest BCUT2D eigenvalue weighted by molar-refractivity contribution is 9.10. The minimum Gasteiger partial charge on any atom is -0.496 e. The molecule has 1 aromatic carbocycles. The minimum atomic E-state index is 0.369. The van der Waals surface area contributed by atoms with Crippen LogP contribution in [0.4, 0.5) is 0 Å². The van der Waals surface area contributed by atoms with Crippen molar-refractivity contribution in [2.75, 3.05) is 20.2 Å². The molecule has 0 saturated carbocycles. The van der Waals surface area contributed by atoms with E-state index >= 15 is 0 Å². The quantitative estimate of drug-likeness (QED) is 0.789. The smallest absolute Gasteiger partial charge is 0.133 e. The van der Waals surface area contributed by atoms with Crippen molar-refractivity contribution in [3.63, 3.8) is 0 Å². The van der Waals surface area contributed by atoms with E-state index in [-0.39, 0.29) is 0 Å². The van der Waals surface area contributed by atoms with Crippen molar-refractivity contribution in [3.05, 3.63) is 28.2 Å². The summed E-state index contributed by atoms with van der Waals surface area (Å²) in [5, 5.41) is 0.369. The van der Waals surface area contributed by atoms with Crippen LogP contribution in [0.5, 0.6) is 5.75 Å². The van der Waals surface area contributed by atoms with Crippen molar-refractivity contribution >= 4 is 27.5 Å². The van der Waals surface area contributed by atoms with E-state index in [1.807, 2.05) is 6.07 Å². The van der Waals surface area contributed by atoms with Crippen LogP contribution in [0.2, 0.25) is 0 Å². The molecule has 1 saturated heterocycles. The van der Waals surface area contributed by atoms with Crippen LogP contribution >= 0.6 is 27.5 Å². The lowest BCUT2D eigenvalue weighted by Gasteiger charge is -2.29. The zero-order valence-corrected chi connectivity index (χ0v) is 12.3. The second kappa shape index (κ2) is 6.07. The van der Waals surface area contributed by atoms with Gasteiger partial charge in [-0.25, -0.2) is 0 Å². The van der Waals surface area contributed by atoms with Crippen LogP contribution in [0.1, 0.15) is 18.4 Å².